The standard InChI is InChI=1S/C15H13FN2O2S/c1-20-11-6-7-12(13(16)8-11)15(19)18-10-4-2-9(3-5-10)14(17)21/h2-8H,1H3,(H2,17,21)(H,18,19). The maximum Gasteiger partial charge on any atom is 0.258 e. The molecule has 4 nitrogen and oxygen atoms in total. The highest BCUT2D eigenvalue weighted by atomic mass is 32.1. The summed E-state index contributed by atoms with van der Waals surface area (Å²) < 4.78 is 18.7. The zero-order valence-corrected chi connectivity index (χ0v) is 12.0. The molecule has 21 heavy (non-hydrogen) atoms. The lowest BCUT2D eigenvalue weighted by atomic mass is 10.1. The number of benzene rings is 2. The molecule has 0 unspecified atom stereocenters. The van der Waals surface area contributed by atoms with Crippen molar-refractivity contribution in [2.24, 2.45) is 5.73 Å². The molecule has 0 heterocycles. The van der Waals surface area contributed by atoms with Crippen molar-refractivity contribution in [2.45, 2.75) is 0 Å². The van der Waals surface area contributed by atoms with E-state index in [4.69, 9.17) is 22.7 Å². The van der Waals surface area contributed by atoms with Gasteiger partial charge in [-0.2, -0.15) is 0 Å². The molecule has 2 aromatic carbocycles. The Morgan fingerprint density at radius 3 is 2.43 bits per heavy atom. The van der Waals surface area contributed by atoms with Crippen LogP contribution in [-0.2, 0) is 0 Å². The molecule has 0 radical (unpaired) electrons. The van der Waals surface area contributed by atoms with Gasteiger partial charge in [-0.15, -0.1) is 0 Å². The van der Waals surface area contributed by atoms with Gasteiger partial charge in [-0.25, -0.2) is 4.39 Å². The predicted octanol–water partition coefficient (Wildman–Crippen LogP) is 2.72. The number of thiocarbonyl (C=S) groups is 1. The van der Waals surface area contributed by atoms with Gasteiger partial charge < -0.3 is 15.8 Å². The average molecular weight is 304 g/mol. The van der Waals surface area contributed by atoms with Gasteiger partial charge in [0.05, 0.1) is 12.7 Å². The highest BCUT2D eigenvalue weighted by Crippen LogP contribution is 2.18. The summed E-state index contributed by atoms with van der Waals surface area (Å²) in [6.07, 6.45) is 0. The summed E-state index contributed by atoms with van der Waals surface area (Å²) >= 11 is 4.84. The number of carbonyl (C=O) groups excluding carboxylic acids is 1. The van der Waals surface area contributed by atoms with Crippen molar-refractivity contribution >= 4 is 28.8 Å². The molecule has 0 bridgehead atoms. The van der Waals surface area contributed by atoms with Crippen LogP contribution in [0.1, 0.15) is 15.9 Å². The second-order valence-corrected chi connectivity index (χ2v) is 4.68. The van der Waals surface area contributed by atoms with Crippen LogP contribution in [-0.4, -0.2) is 18.0 Å². The fourth-order valence-corrected chi connectivity index (χ4v) is 1.86. The Morgan fingerprint density at radius 1 is 1.24 bits per heavy atom. The Kier molecular flexibility index (Phi) is 4.49. The predicted molar refractivity (Wildman–Crippen MR) is 83.2 cm³/mol. The van der Waals surface area contributed by atoms with E-state index in [2.05, 4.69) is 5.32 Å². The van der Waals surface area contributed by atoms with Crippen LogP contribution in [0, 0.1) is 5.82 Å². The van der Waals surface area contributed by atoms with Crippen molar-refractivity contribution in [3.8, 4) is 5.75 Å². The Balaban J connectivity index is 2.16. The molecule has 1 amide bonds. The summed E-state index contributed by atoms with van der Waals surface area (Å²) in [5, 5.41) is 2.60. The van der Waals surface area contributed by atoms with Gasteiger partial charge in [0.15, 0.2) is 0 Å². The fourth-order valence-electron chi connectivity index (χ4n) is 1.72. The van der Waals surface area contributed by atoms with Crippen molar-refractivity contribution < 1.29 is 13.9 Å². The summed E-state index contributed by atoms with van der Waals surface area (Å²) in [5.41, 5.74) is 6.64. The van der Waals surface area contributed by atoms with Crippen molar-refractivity contribution in [1.82, 2.24) is 0 Å². The van der Waals surface area contributed by atoms with E-state index < -0.39 is 11.7 Å². The third-order valence-corrected chi connectivity index (χ3v) is 3.08. The lowest BCUT2D eigenvalue weighted by Crippen LogP contribution is -2.14. The Morgan fingerprint density at radius 2 is 1.90 bits per heavy atom. The number of nitrogens with two attached hydrogens (primary N) is 1. The van der Waals surface area contributed by atoms with Gasteiger partial charge in [0.1, 0.15) is 16.6 Å². The molecule has 0 spiro atoms. The number of anilines is 1. The first-order chi connectivity index (χ1) is 10.0. The maximum atomic E-state index is 13.8. The third kappa shape index (κ3) is 3.55. The first-order valence-corrected chi connectivity index (χ1v) is 6.47. The lowest BCUT2D eigenvalue weighted by Gasteiger charge is -2.08. The average Bonchev–Trinajstić information content (AvgIpc) is 2.47. The van der Waals surface area contributed by atoms with Crippen LogP contribution in [0.3, 0.4) is 0 Å². The quantitative estimate of drug-likeness (QED) is 0.853. The largest absolute Gasteiger partial charge is 0.497 e. The minimum Gasteiger partial charge on any atom is -0.497 e. The third-order valence-electron chi connectivity index (χ3n) is 2.85. The number of hydrogen-bond acceptors (Lipinski definition) is 3. The van der Waals surface area contributed by atoms with E-state index >= 15 is 0 Å². The van der Waals surface area contributed by atoms with Gasteiger partial charge in [-0.3, -0.25) is 4.79 Å². The molecule has 2 aromatic rings. The SMILES string of the molecule is COc1ccc(C(=O)Nc2ccc(C(N)=S)cc2)c(F)c1. The van der Waals surface area contributed by atoms with Crippen LogP contribution >= 0.6 is 12.2 Å². The van der Waals surface area contributed by atoms with Crippen LogP contribution in [0.25, 0.3) is 0 Å². The molecular weight excluding hydrogens is 291 g/mol. The first kappa shape index (κ1) is 14.9. The van der Waals surface area contributed by atoms with Crippen LogP contribution in [0.4, 0.5) is 10.1 Å². The molecule has 0 aliphatic rings. The van der Waals surface area contributed by atoms with E-state index in [0.717, 1.165) is 6.07 Å². The molecule has 2 rings (SSSR count). The number of amides is 1. The molecule has 0 atom stereocenters. The van der Waals surface area contributed by atoms with Crippen molar-refractivity contribution in [2.75, 3.05) is 12.4 Å². The molecule has 108 valence electrons. The topological polar surface area (TPSA) is 64.3 Å². The number of hydrogen-bond donors (Lipinski definition) is 2. The van der Waals surface area contributed by atoms with Gasteiger partial charge in [-0.05, 0) is 36.4 Å². The van der Waals surface area contributed by atoms with Gasteiger partial charge in [0, 0.05) is 17.3 Å². The van der Waals surface area contributed by atoms with Crippen molar-refractivity contribution in [3.05, 3.63) is 59.4 Å². The van der Waals surface area contributed by atoms with E-state index in [1.165, 1.54) is 19.2 Å². The second-order valence-electron chi connectivity index (χ2n) is 4.24. The van der Waals surface area contributed by atoms with E-state index in [1.54, 1.807) is 24.3 Å². The minimum absolute atomic E-state index is 0.0609. The highest BCUT2D eigenvalue weighted by Gasteiger charge is 2.12. The zero-order valence-electron chi connectivity index (χ0n) is 11.2. The van der Waals surface area contributed by atoms with Crippen LogP contribution in [0.15, 0.2) is 42.5 Å². The zero-order chi connectivity index (χ0) is 15.4. The summed E-state index contributed by atoms with van der Waals surface area (Å²) in [6.45, 7) is 0. The summed E-state index contributed by atoms with van der Waals surface area (Å²) in [6, 6.07) is 10.7. The number of ether oxygens (including phenoxy) is 1. The molecule has 0 aromatic heterocycles. The van der Waals surface area contributed by atoms with E-state index in [0.29, 0.717) is 17.0 Å². The molecule has 3 N–H and O–H groups in total. The summed E-state index contributed by atoms with van der Waals surface area (Å²) in [5.74, 6) is -0.838. The number of nitrogens with one attached hydrogen (secondary N) is 1. The lowest BCUT2D eigenvalue weighted by molar-refractivity contribution is 0.102. The molecule has 0 fully saturated rings. The highest BCUT2D eigenvalue weighted by molar-refractivity contribution is 7.80. The normalized spacial score (nSPS) is 10.0. The summed E-state index contributed by atoms with van der Waals surface area (Å²) in [4.78, 5) is 12.3. The van der Waals surface area contributed by atoms with Crippen LogP contribution in [0.2, 0.25) is 0 Å². The molecular formula is C15H13FN2O2S. The van der Waals surface area contributed by atoms with Crippen molar-refractivity contribution in [1.29, 1.82) is 0 Å². The van der Waals surface area contributed by atoms with Gasteiger partial charge >= 0.3 is 0 Å². The number of halogens is 1. The Bertz CT molecular complexity index is 687. The van der Waals surface area contributed by atoms with E-state index in [-0.39, 0.29) is 10.6 Å². The number of methoxy groups -OCH3 is 1. The summed E-state index contributed by atoms with van der Waals surface area (Å²) in [7, 11) is 1.43. The molecule has 0 saturated heterocycles. The molecule has 0 saturated carbocycles. The van der Waals surface area contributed by atoms with Crippen molar-refractivity contribution in [3.63, 3.8) is 0 Å². The van der Waals surface area contributed by atoms with Gasteiger partial charge in [0.2, 0.25) is 0 Å². The van der Waals surface area contributed by atoms with Crippen LogP contribution < -0.4 is 15.8 Å². The Hall–Kier alpha value is -2.47. The smallest absolute Gasteiger partial charge is 0.258 e. The maximum absolute atomic E-state index is 13.8. The van der Waals surface area contributed by atoms with E-state index in [9.17, 15) is 9.18 Å². The number of carbonyl (C=O) groups is 1. The Labute approximate surface area is 126 Å². The fraction of sp³-hybridized carbons (Fsp3) is 0.0667. The first-order valence-electron chi connectivity index (χ1n) is 6.06. The van der Waals surface area contributed by atoms with Crippen LogP contribution in [0.5, 0.6) is 5.75 Å². The number of rotatable bonds is 4. The monoisotopic (exact) mass is 304 g/mol. The second kappa shape index (κ2) is 6.32. The molecule has 0 aliphatic heterocycles. The van der Waals surface area contributed by atoms with Gasteiger partial charge in [-0.1, -0.05) is 12.2 Å². The van der Waals surface area contributed by atoms with E-state index in [1.807, 2.05) is 0 Å². The van der Waals surface area contributed by atoms with Gasteiger partial charge in [0.25, 0.3) is 5.91 Å². The minimum atomic E-state index is -0.647. The molecule has 6 heteroatoms. The molecule has 0 aliphatic carbocycles.